The summed E-state index contributed by atoms with van der Waals surface area (Å²) in [5.41, 5.74) is -0.118. The highest BCUT2D eigenvalue weighted by molar-refractivity contribution is 7.93. The maximum Gasteiger partial charge on any atom is 0.411 e. The summed E-state index contributed by atoms with van der Waals surface area (Å²) in [5.74, 6) is -2.40. The molecule has 0 saturated carbocycles. The van der Waals surface area contributed by atoms with Crippen molar-refractivity contribution >= 4 is 45.3 Å². The zero-order chi connectivity index (χ0) is 27.2. The number of carbonyl (C=O) groups is 3. The van der Waals surface area contributed by atoms with E-state index in [1.54, 1.807) is 6.92 Å². The largest absolute Gasteiger partial charge is 0.481 e. The van der Waals surface area contributed by atoms with Crippen LogP contribution in [0.3, 0.4) is 0 Å². The second-order valence-corrected chi connectivity index (χ2v) is 11.3. The summed E-state index contributed by atoms with van der Waals surface area (Å²) in [4.78, 5) is 37.6. The van der Waals surface area contributed by atoms with Crippen LogP contribution in [0.1, 0.15) is 45.4 Å². The van der Waals surface area contributed by atoms with Crippen molar-refractivity contribution in [2.45, 2.75) is 50.7 Å². The van der Waals surface area contributed by atoms with Gasteiger partial charge in [0.1, 0.15) is 11.1 Å². The Labute approximate surface area is 220 Å². The maximum atomic E-state index is 13.8. The molecule has 204 valence electrons. The summed E-state index contributed by atoms with van der Waals surface area (Å²) in [6, 6.07) is 3.14. The molecule has 1 fully saturated rings. The molecule has 1 N–H and O–H groups in total. The van der Waals surface area contributed by atoms with E-state index in [1.165, 1.54) is 11.0 Å². The third-order valence-electron chi connectivity index (χ3n) is 6.38. The van der Waals surface area contributed by atoms with E-state index in [1.807, 2.05) is 0 Å². The smallest absolute Gasteiger partial charge is 0.411 e. The van der Waals surface area contributed by atoms with Gasteiger partial charge in [0.25, 0.3) is 0 Å². The number of benzene rings is 1. The van der Waals surface area contributed by atoms with E-state index in [-0.39, 0.29) is 54.7 Å². The van der Waals surface area contributed by atoms with Crippen molar-refractivity contribution < 1.29 is 41.8 Å². The molecule has 13 heteroatoms. The first-order valence-electron chi connectivity index (χ1n) is 12.0. The first-order valence-corrected chi connectivity index (χ1v) is 13.9. The van der Waals surface area contributed by atoms with Gasteiger partial charge in [-0.3, -0.25) is 4.79 Å². The van der Waals surface area contributed by atoms with Gasteiger partial charge in [0, 0.05) is 19.5 Å². The number of carbonyl (C=O) groups excluding carboxylic acids is 2. The van der Waals surface area contributed by atoms with Crippen LogP contribution < -0.4 is 4.31 Å². The summed E-state index contributed by atoms with van der Waals surface area (Å²) in [6.45, 7) is 1.45. The minimum absolute atomic E-state index is 0.00960. The third-order valence-corrected chi connectivity index (χ3v) is 8.81. The summed E-state index contributed by atoms with van der Waals surface area (Å²) in [6.07, 6.45) is 2.85. The van der Waals surface area contributed by atoms with Crippen LogP contribution in [-0.4, -0.2) is 68.1 Å². The number of allylic oxidation sites excluding steroid dienone is 1. The Kier molecular flexibility index (Phi) is 9.77. The van der Waals surface area contributed by atoms with Crippen LogP contribution in [0, 0.1) is 11.7 Å². The Morgan fingerprint density at radius 2 is 1.89 bits per heavy atom. The van der Waals surface area contributed by atoms with Crippen molar-refractivity contribution in [3.05, 3.63) is 40.7 Å². The number of amides is 1. The van der Waals surface area contributed by atoms with Crippen molar-refractivity contribution in [3.63, 3.8) is 0 Å². The number of aliphatic carboxylic acids is 1. The van der Waals surface area contributed by atoms with Gasteiger partial charge in [-0.25, -0.2) is 26.7 Å². The topological polar surface area (TPSA) is 131 Å². The van der Waals surface area contributed by atoms with Crippen molar-refractivity contribution in [2.75, 3.05) is 30.7 Å². The van der Waals surface area contributed by atoms with E-state index in [2.05, 4.69) is 0 Å². The number of likely N-dealkylation sites (tertiary alicyclic amines) is 1. The Bertz CT molecular complexity index is 1150. The fourth-order valence-corrected chi connectivity index (χ4v) is 6.71. The molecule has 1 saturated heterocycles. The Morgan fingerprint density at radius 3 is 2.51 bits per heavy atom. The summed E-state index contributed by atoms with van der Waals surface area (Å²) < 4.78 is 52.6. The number of rotatable bonds is 9. The molecule has 1 amide bonds. The van der Waals surface area contributed by atoms with Gasteiger partial charge in [0.05, 0.1) is 22.9 Å². The monoisotopic (exact) mass is 560 g/mol. The molecule has 1 atom stereocenters. The highest BCUT2D eigenvalue weighted by Gasteiger charge is 2.40. The number of halogens is 2. The standard InChI is InChI=1S/C24H30ClFN2O8S/c1-2-35-23(31)18-5-3-4-6-21(18)37(33,34)28(20-8-7-17(26)14-19(20)25)15-36-24(32)27-11-9-16(10-12-27)13-22(29)30/h5,7-8,14,16,21H,2-4,6,9-13,15H2,1H3,(H,29,30). The molecule has 1 aromatic rings. The van der Waals surface area contributed by atoms with Crippen LogP contribution in [0.2, 0.25) is 5.02 Å². The molecule has 1 heterocycles. The normalized spacial score (nSPS) is 18.6. The van der Waals surface area contributed by atoms with E-state index in [0.717, 1.165) is 22.5 Å². The van der Waals surface area contributed by atoms with Gasteiger partial charge in [0.2, 0.25) is 10.0 Å². The Morgan fingerprint density at radius 1 is 1.19 bits per heavy atom. The maximum absolute atomic E-state index is 13.8. The predicted octanol–water partition coefficient (Wildman–Crippen LogP) is 3.94. The average molecular weight is 561 g/mol. The minimum atomic E-state index is -4.38. The zero-order valence-electron chi connectivity index (χ0n) is 20.4. The van der Waals surface area contributed by atoms with Gasteiger partial charge in [-0.05, 0) is 63.1 Å². The quantitative estimate of drug-likeness (QED) is 0.355. The number of nitrogens with zero attached hydrogens (tertiary/aromatic N) is 2. The molecule has 3 rings (SSSR count). The lowest BCUT2D eigenvalue weighted by molar-refractivity contribution is -0.139. The molecular formula is C24H30ClFN2O8S. The molecule has 2 aliphatic rings. The van der Waals surface area contributed by atoms with E-state index in [0.29, 0.717) is 25.7 Å². The number of carboxylic acids is 1. The third kappa shape index (κ3) is 7.13. The van der Waals surface area contributed by atoms with Gasteiger partial charge in [-0.1, -0.05) is 17.7 Å². The van der Waals surface area contributed by atoms with Crippen LogP contribution in [0.25, 0.3) is 0 Å². The van der Waals surface area contributed by atoms with Gasteiger partial charge in [-0.15, -0.1) is 0 Å². The lowest BCUT2D eigenvalue weighted by Crippen LogP contribution is -2.46. The average Bonchev–Trinajstić information content (AvgIpc) is 2.85. The highest BCUT2D eigenvalue weighted by atomic mass is 35.5. The van der Waals surface area contributed by atoms with Crippen LogP contribution >= 0.6 is 11.6 Å². The number of esters is 1. The fourth-order valence-electron chi connectivity index (χ4n) is 4.48. The highest BCUT2D eigenvalue weighted by Crippen LogP contribution is 2.35. The SMILES string of the molecule is CCOC(=O)C1=CCCCC1S(=O)(=O)N(COC(=O)N1CCC(CC(=O)O)CC1)c1ccc(F)cc1Cl. The van der Waals surface area contributed by atoms with Crippen molar-refractivity contribution in [3.8, 4) is 0 Å². The lowest BCUT2D eigenvalue weighted by Gasteiger charge is -2.33. The number of hydrogen-bond acceptors (Lipinski definition) is 7. The molecule has 0 aromatic heterocycles. The summed E-state index contributed by atoms with van der Waals surface area (Å²) >= 11 is 6.19. The van der Waals surface area contributed by atoms with Gasteiger partial charge in [-0.2, -0.15) is 0 Å². The molecule has 37 heavy (non-hydrogen) atoms. The van der Waals surface area contributed by atoms with E-state index in [4.69, 9.17) is 26.2 Å². The van der Waals surface area contributed by atoms with Crippen LogP contribution in [0.4, 0.5) is 14.9 Å². The van der Waals surface area contributed by atoms with Crippen molar-refractivity contribution in [1.82, 2.24) is 4.90 Å². The second kappa shape index (κ2) is 12.6. The number of ether oxygens (including phenoxy) is 2. The van der Waals surface area contributed by atoms with Crippen LogP contribution in [0.5, 0.6) is 0 Å². The molecule has 1 unspecified atom stereocenters. The fraction of sp³-hybridized carbons (Fsp3) is 0.542. The van der Waals surface area contributed by atoms with Crippen LogP contribution in [0.15, 0.2) is 29.8 Å². The van der Waals surface area contributed by atoms with E-state index in [9.17, 15) is 27.2 Å². The first-order chi connectivity index (χ1) is 17.5. The molecule has 0 spiro atoms. The minimum Gasteiger partial charge on any atom is -0.481 e. The van der Waals surface area contributed by atoms with E-state index < -0.39 is 45.9 Å². The van der Waals surface area contributed by atoms with Gasteiger partial charge in [0.15, 0.2) is 6.73 Å². The Hall–Kier alpha value is -2.86. The first kappa shape index (κ1) is 28.7. The molecule has 1 aromatic carbocycles. The zero-order valence-corrected chi connectivity index (χ0v) is 22.0. The van der Waals surface area contributed by atoms with Gasteiger partial charge >= 0.3 is 18.0 Å². The Balaban J connectivity index is 1.83. The molecule has 10 nitrogen and oxygen atoms in total. The molecule has 0 bridgehead atoms. The summed E-state index contributed by atoms with van der Waals surface area (Å²) in [5, 5.41) is 7.48. The molecular weight excluding hydrogens is 531 g/mol. The number of piperidine rings is 1. The second-order valence-electron chi connectivity index (χ2n) is 8.86. The van der Waals surface area contributed by atoms with Gasteiger partial charge < -0.3 is 19.5 Å². The van der Waals surface area contributed by atoms with Crippen molar-refractivity contribution in [1.29, 1.82) is 0 Å². The lowest BCUT2D eigenvalue weighted by atomic mass is 9.94. The predicted molar refractivity (Wildman–Crippen MR) is 133 cm³/mol. The molecule has 1 aliphatic carbocycles. The van der Waals surface area contributed by atoms with E-state index >= 15 is 0 Å². The number of carboxylic acid groups (broad SMARTS) is 1. The molecule has 1 aliphatic heterocycles. The summed E-state index contributed by atoms with van der Waals surface area (Å²) in [7, 11) is -4.38. The molecule has 0 radical (unpaired) electrons. The van der Waals surface area contributed by atoms with Crippen molar-refractivity contribution in [2.24, 2.45) is 5.92 Å². The number of sulfonamides is 1. The van der Waals surface area contributed by atoms with Crippen LogP contribution in [-0.2, 0) is 29.1 Å². The number of hydrogen-bond donors (Lipinski definition) is 1. The number of anilines is 1.